The van der Waals surface area contributed by atoms with Gasteiger partial charge >= 0.3 is 0 Å². The summed E-state index contributed by atoms with van der Waals surface area (Å²) in [5, 5.41) is 11.6. The molecular formula is C11H12FN5S. The third-order valence-corrected chi connectivity index (χ3v) is 3.85. The highest BCUT2D eigenvalue weighted by Crippen LogP contribution is 2.36. The highest BCUT2D eigenvalue weighted by molar-refractivity contribution is 7.98. The van der Waals surface area contributed by atoms with Crippen LogP contribution in [0.5, 0.6) is 0 Å². The van der Waals surface area contributed by atoms with Crippen molar-refractivity contribution in [2.24, 2.45) is 0 Å². The molecule has 0 bridgehead atoms. The van der Waals surface area contributed by atoms with Crippen LogP contribution in [-0.4, -0.2) is 20.2 Å². The normalized spacial score (nSPS) is 14.9. The Morgan fingerprint density at radius 3 is 3.06 bits per heavy atom. The van der Waals surface area contributed by atoms with Crippen LogP contribution in [0.4, 0.5) is 10.1 Å². The molecule has 7 heteroatoms. The van der Waals surface area contributed by atoms with Crippen molar-refractivity contribution in [1.82, 2.24) is 20.2 Å². The number of halogens is 1. The standard InChI is InChI=1S/C11H12FN5S/c12-7-1-4-9(13)10(5-7)18-6-11-14-15-16-17(11)8-2-3-8/h1,4-5,8H,2-3,6,13H2. The molecule has 2 aromatic rings. The highest BCUT2D eigenvalue weighted by Gasteiger charge is 2.27. The molecule has 94 valence electrons. The van der Waals surface area contributed by atoms with Gasteiger partial charge in [-0.15, -0.1) is 16.9 Å². The van der Waals surface area contributed by atoms with Gasteiger partial charge in [0, 0.05) is 10.6 Å². The van der Waals surface area contributed by atoms with Gasteiger partial charge in [-0.05, 0) is 41.5 Å². The molecule has 0 unspecified atom stereocenters. The summed E-state index contributed by atoms with van der Waals surface area (Å²) >= 11 is 1.45. The first kappa shape index (κ1) is 11.5. The lowest BCUT2D eigenvalue weighted by Gasteiger charge is -2.05. The number of hydrogen-bond acceptors (Lipinski definition) is 5. The molecule has 1 aromatic heterocycles. The Balaban J connectivity index is 1.73. The number of rotatable bonds is 4. The van der Waals surface area contributed by atoms with Crippen LogP contribution in [-0.2, 0) is 5.75 Å². The highest BCUT2D eigenvalue weighted by atomic mass is 32.2. The molecular weight excluding hydrogens is 253 g/mol. The van der Waals surface area contributed by atoms with E-state index in [9.17, 15) is 4.39 Å². The van der Waals surface area contributed by atoms with Crippen molar-refractivity contribution in [1.29, 1.82) is 0 Å². The van der Waals surface area contributed by atoms with Gasteiger partial charge in [-0.3, -0.25) is 0 Å². The maximum absolute atomic E-state index is 13.1. The van der Waals surface area contributed by atoms with Crippen LogP contribution >= 0.6 is 11.8 Å². The van der Waals surface area contributed by atoms with Crippen molar-refractivity contribution in [3.8, 4) is 0 Å². The Hall–Kier alpha value is -1.63. The van der Waals surface area contributed by atoms with Crippen LogP contribution in [0.3, 0.4) is 0 Å². The molecule has 0 amide bonds. The van der Waals surface area contributed by atoms with Crippen molar-refractivity contribution < 1.29 is 4.39 Å². The van der Waals surface area contributed by atoms with Crippen molar-refractivity contribution >= 4 is 17.4 Å². The second-order valence-corrected chi connectivity index (χ2v) is 5.26. The van der Waals surface area contributed by atoms with E-state index in [4.69, 9.17) is 5.73 Å². The Morgan fingerprint density at radius 2 is 2.28 bits per heavy atom. The number of nitrogens with two attached hydrogens (primary N) is 1. The van der Waals surface area contributed by atoms with E-state index in [1.807, 2.05) is 4.68 Å². The molecule has 2 N–H and O–H groups in total. The molecule has 3 rings (SSSR count). The number of tetrazole rings is 1. The predicted octanol–water partition coefficient (Wildman–Crippen LogP) is 2.02. The number of anilines is 1. The van der Waals surface area contributed by atoms with Crippen LogP contribution < -0.4 is 5.73 Å². The van der Waals surface area contributed by atoms with E-state index in [0.717, 1.165) is 23.6 Å². The molecule has 0 saturated heterocycles. The smallest absolute Gasteiger partial charge is 0.161 e. The van der Waals surface area contributed by atoms with Gasteiger partial charge in [0.15, 0.2) is 5.82 Å². The van der Waals surface area contributed by atoms with Gasteiger partial charge in [0.25, 0.3) is 0 Å². The van der Waals surface area contributed by atoms with E-state index < -0.39 is 0 Å². The number of nitrogen functional groups attached to an aromatic ring is 1. The lowest BCUT2D eigenvalue weighted by atomic mass is 10.3. The van der Waals surface area contributed by atoms with E-state index >= 15 is 0 Å². The molecule has 1 aliphatic rings. The van der Waals surface area contributed by atoms with Gasteiger partial charge in [0.1, 0.15) is 5.82 Å². The van der Waals surface area contributed by atoms with E-state index in [1.165, 1.54) is 23.9 Å². The van der Waals surface area contributed by atoms with Crippen molar-refractivity contribution in [2.45, 2.75) is 29.5 Å². The minimum absolute atomic E-state index is 0.284. The Labute approximate surface area is 108 Å². The lowest BCUT2D eigenvalue weighted by Crippen LogP contribution is -2.02. The zero-order valence-electron chi connectivity index (χ0n) is 9.58. The van der Waals surface area contributed by atoms with E-state index in [-0.39, 0.29) is 5.82 Å². The van der Waals surface area contributed by atoms with Crippen LogP contribution in [0, 0.1) is 5.82 Å². The maximum atomic E-state index is 13.1. The number of hydrogen-bond donors (Lipinski definition) is 1. The maximum Gasteiger partial charge on any atom is 0.161 e. The second kappa shape index (κ2) is 4.56. The molecule has 0 spiro atoms. The zero-order valence-corrected chi connectivity index (χ0v) is 10.4. The van der Waals surface area contributed by atoms with E-state index in [1.54, 1.807) is 6.07 Å². The average Bonchev–Trinajstić information content (AvgIpc) is 3.10. The first-order valence-electron chi connectivity index (χ1n) is 5.68. The van der Waals surface area contributed by atoms with Crippen LogP contribution in [0.2, 0.25) is 0 Å². The van der Waals surface area contributed by atoms with E-state index in [2.05, 4.69) is 15.5 Å². The summed E-state index contributed by atoms with van der Waals surface area (Å²) in [6.45, 7) is 0. The average molecular weight is 265 g/mol. The summed E-state index contributed by atoms with van der Waals surface area (Å²) < 4.78 is 15.0. The summed E-state index contributed by atoms with van der Waals surface area (Å²) in [5.74, 6) is 1.12. The fraction of sp³-hybridized carbons (Fsp3) is 0.364. The number of thioether (sulfide) groups is 1. The van der Waals surface area contributed by atoms with Crippen LogP contribution in [0.15, 0.2) is 23.1 Å². The minimum Gasteiger partial charge on any atom is -0.398 e. The van der Waals surface area contributed by atoms with Gasteiger partial charge < -0.3 is 5.73 Å². The molecule has 0 aliphatic heterocycles. The third-order valence-electron chi connectivity index (χ3n) is 2.79. The van der Waals surface area contributed by atoms with Gasteiger partial charge in [0.2, 0.25) is 0 Å². The number of benzene rings is 1. The minimum atomic E-state index is -0.284. The molecule has 0 atom stereocenters. The van der Waals surface area contributed by atoms with Crippen molar-refractivity contribution in [3.05, 3.63) is 29.8 Å². The van der Waals surface area contributed by atoms with Crippen molar-refractivity contribution in [3.63, 3.8) is 0 Å². The fourth-order valence-electron chi connectivity index (χ4n) is 1.69. The Kier molecular flexibility index (Phi) is 2.91. The predicted molar refractivity (Wildman–Crippen MR) is 66.5 cm³/mol. The Morgan fingerprint density at radius 1 is 1.44 bits per heavy atom. The van der Waals surface area contributed by atoms with Gasteiger partial charge in [-0.1, -0.05) is 0 Å². The first-order chi connectivity index (χ1) is 8.74. The number of nitrogens with zero attached hydrogens (tertiary/aromatic N) is 4. The second-order valence-electron chi connectivity index (χ2n) is 4.24. The topological polar surface area (TPSA) is 69.6 Å². The third kappa shape index (κ3) is 2.31. The molecule has 0 radical (unpaired) electrons. The molecule has 1 aliphatic carbocycles. The summed E-state index contributed by atoms with van der Waals surface area (Å²) in [5.41, 5.74) is 6.37. The van der Waals surface area contributed by atoms with E-state index in [0.29, 0.717) is 17.5 Å². The summed E-state index contributed by atoms with van der Waals surface area (Å²) in [6, 6.07) is 4.81. The molecule has 5 nitrogen and oxygen atoms in total. The first-order valence-corrected chi connectivity index (χ1v) is 6.67. The molecule has 1 fully saturated rings. The Bertz CT molecular complexity index is 566. The molecule has 1 heterocycles. The fourth-order valence-corrected chi connectivity index (χ4v) is 2.59. The summed E-state index contributed by atoms with van der Waals surface area (Å²) in [7, 11) is 0. The zero-order chi connectivity index (χ0) is 12.5. The largest absolute Gasteiger partial charge is 0.398 e. The molecule has 1 saturated carbocycles. The monoisotopic (exact) mass is 265 g/mol. The number of aromatic nitrogens is 4. The SMILES string of the molecule is Nc1ccc(F)cc1SCc1nnnn1C1CC1. The van der Waals surface area contributed by atoms with Crippen LogP contribution in [0.25, 0.3) is 0 Å². The summed E-state index contributed by atoms with van der Waals surface area (Å²) in [4.78, 5) is 0.723. The van der Waals surface area contributed by atoms with Gasteiger partial charge in [-0.25, -0.2) is 9.07 Å². The molecule has 1 aromatic carbocycles. The van der Waals surface area contributed by atoms with Gasteiger partial charge in [-0.2, -0.15) is 0 Å². The molecule has 18 heavy (non-hydrogen) atoms. The summed E-state index contributed by atoms with van der Waals surface area (Å²) in [6.07, 6.45) is 2.26. The lowest BCUT2D eigenvalue weighted by molar-refractivity contribution is 0.593. The quantitative estimate of drug-likeness (QED) is 0.676. The van der Waals surface area contributed by atoms with Crippen LogP contribution in [0.1, 0.15) is 24.7 Å². The van der Waals surface area contributed by atoms with Gasteiger partial charge in [0.05, 0.1) is 11.8 Å². The van der Waals surface area contributed by atoms with Crippen molar-refractivity contribution in [2.75, 3.05) is 5.73 Å².